The van der Waals surface area contributed by atoms with Crippen LogP contribution in [0.5, 0.6) is 0 Å². The van der Waals surface area contributed by atoms with Crippen LogP contribution in [0.1, 0.15) is 18.4 Å². The monoisotopic (exact) mass is 311 g/mol. The lowest BCUT2D eigenvalue weighted by Crippen LogP contribution is -2.55. The Balaban J connectivity index is 0.00000220. The fraction of sp³-hybridized carbons (Fsp3) is 0.562. The SMILES string of the molecule is CN(C)N(C)C(=O)C1(Cc2ccccc2)CCCNC1.Cl. The van der Waals surface area contributed by atoms with Crippen LogP contribution in [0.4, 0.5) is 0 Å². The second-order valence-electron chi connectivity index (χ2n) is 5.90. The standard InChI is InChI=1S/C16H25N3O.ClH/c1-18(2)19(3)15(20)16(10-7-11-17-13-16)12-14-8-5-4-6-9-14;/h4-6,8-9,17H,7,10-13H2,1-3H3;1H. The van der Waals surface area contributed by atoms with Crippen molar-refractivity contribution >= 4 is 18.3 Å². The van der Waals surface area contributed by atoms with E-state index in [4.69, 9.17) is 0 Å². The largest absolute Gasteiger partial charge is 0.316 e. The summed E-state index contributed by atoms with van der Waals surface area (Å²) < 4.78 is 0. The molecular weight excluding hydrogens is 286 g/mol. The predicted octanol–water partition coefficient (Wildman–Crippen LogP) is 1.96. The number of halogens is 1. The topological polar surface area (TPSA) is 35.6 Å². The van der Waals surface area contributed by atoms with Gasteiger partial charge in [0.05, 0.1) is 5.41 Å². The van der Waals surface area contributed by atoms with E-state index in [1.807, 2.05) is 44.4 Å². The van der Waals surface area contributed by atoms with Crippen LogP contribution in [-0.2, 0) is 11.2 Å². The molecule has 5 heteroatoms. The van der Waals surface area contributed by atoms with Crippen LogP contribution in [0.15, 0.2) is 30.3 Å². The number of carbonyl (C=O) groups is 1. The molecule has 0 spiro atoms. The van der Waals surface area contributed by atoms with E-state index in [-0.39, 0.29) is 23.7 Å². The third kappa shape index (κ3) is 4.19. The molecule has 118 valence electrons. The van der Waals surface area contributed by atoms with Gasteiger partial charge in [0, 0.05) is 27.7 Å². The van der Waals surface area contributed by atoms with E-state index in [1.165, 1.54) is 5.56 Å². The first-order valence-electron chi connectivity index (χ1n) is 7.25. The van der Waals surface area contributed by atoms with Gasteiger partial charge in [-0.15, -0.1) is 12.4 Å². The summed E-state index contributed by atoms with van der Waals surface area (Å²) in [6.45, 7) is 1.77. The van der Waals surface area contributed by atoms with Crippen molar-refractivity contribution in [2.75, 3.05) is 34.2 Å². The fourth-order valence-electron chi connectivity index (χ4n) is 2.89. The number of hydrogen-bond donors (Lipinski definition) is 1. The molecule has 1 fully saturated rings. The number of nitrogens with one attached hydrogen (secondary N) is 1. The first-order valence-corrected chi connectivity index (χ1v) is 7.25. The maximum atomic E-state index is 12.9. The van der Waals surface area contributed by atoms with E-state index in [9.17, 15) is 4.79 Å². The van der Waals surface area contributed by atoms with E-state index in [2.05, 4.69) is 17.4 Å². The maximum Gasteiger partial charge on any atom is 0.244 e. The summed E-state index contributed by atoms with van der Waals surface area (Å²) in [5.41, 5.74) is 0.912. The summed E-state index contributed by atoms with van der Waals surface area (Å²) in [7, 11) is 5.67. The first-order chi connectivity index (χ1) is 9.55. The lowest BCUT2D eigenvalue weighted by molar-refractivity contribution is -0.154. The first kappa shape index (κ1) is 18.0. The van der Waals surface area contributed by atoms with E-state index < -0.39 is 0 Å². The minimum Gasteiger partial charge on any atom is -0.316 e. The van der Waals surface area contributed by atoms with Crippen molar-refractivity contribution < 1.29 is 4.79 Å². The summed E-state index contributed by atoms with van der Waals surface area (Å²) in [5, 5.41) is 6.99. The molecule has 21 heavy (non-hydrogen) atoms. The minimum atomic E-state index is -0.321. The average molecular weight is 312 g/mol. The lowest BCUT2D eigenvalue weighted by Gasteiger charge is -2.40. The number of hydrogen-bond acceptors (Lipinski definition) is 3. The summed E-state index contributed by atoms with van der Waals surface area (Å²) >= 11 is 0. The van der Waals surface area contributed by atoms with Crippen LogP contribution in [0.2, 0.25) is 0 Å². The Labute approximate surface area is 133 Å². The van der Waals surface area contributed by atoms with Crippen LogP contribution in [0.25, 0.3) is 0 Å². The molecule has 2 rings (SSSR count). The van der Waals surface area contributed by atoms with Crippen LogP contribution in [0, 0.1) is 5.41 Å². The number of carbonyl (C=O) groups excluding carboxylic acids is 1. The molecule has 1 N–H and O–H groups in total. The van der Waals surface area contributed by atoms with Gasteiger partial charge in [0.15, 0.2) is 0 Å². The van der Waals surface area contributed by atoms with Crippen molar-refractivity contribution in [3.63, 3.8) is 0 Å². The molecule has 4 nitrogen and oxygen atoms in total. The highest BCUT2D eigenvalue weighted by Gasteiger charge is 2.41. The zero-order valence-electron chi connectivity index (χ0n) is 13.1. The fourth-order valence-corrected chi connectivity index (χ4v) is 2.89. The number of benzene rings is 1. The summed E-state index contributed by atoms with van der Waals surface area (Å²) in [5.74, 6) is 0.207. The van der Waals surface area contributed by atoms with Crippen LogP contribution >= 0.6 is 12.4 Å². The van der Waals surface area contributed by atoms with Gasteiger partial charge < -0.3 is 5.32 Å². The molecule has 0 aromatic heterocycles. The van der Waals surface area contributed by atoms with Crippen LogP contribution in [-0.4, -0.2) is 50.2 Å². The average Bonchev–Trinajstić information content (AvgIpc) is 2.47. The molecule has 1 unspecified atom stereocenters. The van der Waals surface area contributed by atoms with Gasteiger partial charge in [-0.1, -0.05) is 30.3 Å². The van der Waals surface area contributed by atoms with Crippen LogP contribution in [0.3, 0.4) is 0 Å². The van der Waals surface area contributed by atoms with Gasteiger partial charge in [-0.2, -0.15) is 0 Å². The Morgan fingerprint density at radius 2 is 1.90 bits per heavy atom. The van der Waals surface area contributed by atoms with Gasteiger partial charge in [-0.3, -0.25) is 9.80 Å². The summed E-state index contributed by atoms with van der Waals surface area (Å²) in [4.78, 5) is 12.9. The normalized spacial score (nSPS) is 21.7. The molecule has 0 saturated carbocycles. The molecule has 1 heterocycles. The van der Waals surface area contributed by atoms with Crippen molar-refractivity contribution in [3.8, 4) is 0 Å². The van der Waals surface area contributed by atoms with E-state index in [1.54, 1.807) is 5.01 Å². The highest BCUT2D eigenvalue weighted by Crippen LogP contribution is 2.32. The Morgan fingerprint density at radius 1 is 1.24 bits per heavy atom. The van der Waals surface area contributed by atoms with Gasteiger partial charge in [-0.25, -0.2) is 5.01 Å². The smallest absolute Gasteiger partial charge is 0.244 e. The maximum absolute atomic E-state index is 12.9. The zero-order chi connectivity index (χ0) is 14.6. The van der Waals surface area contributed by atoms with Gasteiger partial charge >= 0.3 is 0 Å². The molecule has 0 aliphatic carbocycles. The zero-order valence-corrected chi connectivity index (χ0v) is 13.9. The van der Waals surface area contributed by atoms with Crippen molar-refractivity contribution in [1.29, 1.82) is 0 Å². The predicted molar refractivity (Wildman–Crippen MR) is 88.4 cm³/mol. The Morgan fingerprint density at radius 3 is 2.43 bits per heavy atom. The van der Waals surface area contributed by atoms with Crippen molar-refractivity contribution in [1.82, 2.24) is 15.3 Å². The Hall–Kier alpha value is -1.10. The van der Waals surface area contributed by atoms with E-state index in [0.29, 0.717) is 0 Å². The van der Waals surface area contributed by atoms with Crippen LogP contribution < -0.4 is 5.32 Å². The van der Waals surface area contributed by atoms with Gasteiger partial charge in [0.2, 0.25) is 5.91 Å². The number of rotatable bonds is 4. The molecule has 1 aliphatic heterocycles. The highest BCUT2D eigenvalue weighted by molar-refractivity contribution is 5.85. The molecule has 1 aromatic rings. The number of piperidine rings is 1. The molecule has 1 aliphatic rings. The molecule has 0 radical (unpaired) electrons. The minimum absolute atomic E-state index is 0. The van der Waals surface area contributed by atoms with E-state index >= 15 is 0 Å². The third-order valence-corrected chi connectivity index (χ3v) is 4.21. The summed E-state index contributed by atoms with van der Waals surface area (Å²) in [6.07, 6.45) is 2.81. The van der Waals surface area contributed by atoms with Gasteiger partial charge in [0.1, 0.15) is 0 Å². The quantitative estimate of drug-likeness (QED) is 0.863. The van der Waals surface area contributed by atoms with Crippen molar-refractivity contribution in [2.45, 2.75) is 19.3 Å². The van der Waals surface area contributed by atoms with E-state index in [0.717, 1.165) is 32.4 Å². The molecule has 1 saturated heterocycles. The van der Waals surface area contributed by atoms with Crippen molar-refractivity contribution in [3.05, 3.63) is 35.9 Å². The molecule has 0 bridgehead atoms. The van der Waals surface area contributed by atoms with Gasteiger partial charge in [-0.05, 0) is 31.4 Å². The number of nitrogens with zero attached hydrogens (tertiary/aromatic N) is 2. The lowest BCUT2D eigenvalue weighted by atomic mass is 9.74. The van der Waals surface area contributed by atoms with Gasteiger partial charge in [0.25, 0.3) is 0 Å². The molecule has 1 amide bonds. The second kappa shape index (κ2) is 7.78. The Bertz CT molecular complexity index is 444. The molecular formula is C16H26ClN3O. The second-order valence-corrected chi connectivity index (χ2v) is 5.90. The molecule has 1 aromatic carbocycles. The highest BCUT2D eigenvalue weighted by atomic mass is 35.5. The summed E-state index contributed by atoms with van der Waals surface area (Å²) in [6, 6.07) is 10.3. The third-order valence-electron chi connectivity index (χ3n) is 4.21. The van der Waals surface area contributed by atoms with Crippen molar-refractivity contribution in [2.24, 2.45) is 5.41 Å². The number of hydrazine groups is 1. The Kier molecular flexibility index (Phi) is 6.65. The molecule has 1 atom stereocenters. The number of amides is 1.